The van der Waals surface area contributed by atoms with Crippen molar-refractivity contribution in [2.75, 3.05) is 32.7 Å². The molecule has 2 bridgehead atoms. The second-order valence-electron chi connectivity index (χ2n) is 5.03. The first kappa shape index (κ1) is 9.49. The number of rotatable bonds is 2. The molecule has 1 N–H and O–H groups in total. The van der Waals surface area contributed by atoms with Crippen LogP contribution in [0, 0.1) is 5.92 Å². The van der Waals surface area contributed by atoms with E-state index in [9.17, 15) is 0 Å². The molecular formula is C11H20N2S. The minimum absolute atomic E-state index is 0.985. The quantitative estimate of drug-likeness (QED) is 0.740. The van der Waals surface area contributed by atoms with Gasteiger partial charge in [-0.15, -0.1) is 0 Å². The summed E-state index contributed by atoms with van der Waals surface area (Å²) in [6.45, 7) is 6.64. The third kappa shape index (κ3) is 1.95. The van der Waals surface area contributed by atoms with E-state index in [1.807, 2.05) is 0 Å². The van der Waals surface area contributed by atoms with Crippen LogP contribution in [0.15, 0.2) is 0 Å². The average molecular weight is 212 g/mol. The fraction of sp³-hybridized carbons (Fsp3) is 1.00. The van der Waals surface area contributed by atoms with E-state index in [4.69, 9.17) is 0 Å². The molecule has 0 radical (unpaired) electrons. The van der Waals surface area contributed by atoms with Crippen molar-refractivity contribution in [3.63, 3.8) is 0 Å². The third-order valence-corrected chi connectivity index (χ3v) is 5.26. The Hall–Kier alpha value is 0.270. The van der Waals surface area contributed by atoms with E-state index in [-0.39, 0.29) is 0 Å². The Morgan fingerprint density at radius 1 is 1.14 bits per heavy atom. The van der Waals surface area contributed by atoms with E-state index in [2.05, 4.69) is 22.0 Å². The molecule has 4 aliphatic rings. The van der Waals surface area contributed by atoms with Crippen LogP contribution >= 0.6 is 11.8 Å². The van der Waals surface area contributed by atoms with Gasteiger partial charge >= 0.3 is 0 Å². The molecule has 2 nitrogen and oxygen atoms in total. The van der Waals surface area contributed by atoms with Crippen LogP contribution in [0.5, 0.6) is 0 Å². The van der Waals surface area contributed by atoms with Crippen LogP contribution in [-0.2, 0) is 0 Å². The number of nitrogens with zero attached hydrogens (tertiary/aromatic N) is 1. The van der Waals surface area contributed by atoms with Gasteiger partial charge in [0, 0.05) is 30.1 Å². The van der Waals surface area contributed by atoms with Gasteiger partial charge in [0.25, 0.3) is 0 Å². The molecule has 4 aliphatic heterocycles. The van der Waals surface area contributed by atoms with Gasteiger partial charge in [-0.1, -0.05) is 0 Å². The number of hydrogen-bond acceptors (Lipinski definition) is 3. The minimum atomic E-state index is 0.985. The van der Waals surface area contributed by atoms with Crippen molar-refractivity contribution in [1.29, 1.82) is 0 Å². The first-order chi connectivity index (χ1) is 6.90. The summed E-state index contributed by atoms with van der Waals surface area (Å²) < 4.78 is 0. The topological polar surface area (TPSA) is 15.3 Å². The molecule has 0 aromatic carbocycles. The maximum Gasteiger partial charge on any atom is 0.0189 e. The Balaban J connectivity index is 1.47. The van der Waals surface area contributed by atoms with E-state index >= 15 is 0 Å². The van der Waals surface area contributed by atoms with Crippen molar-refractivity contribution in [2.24, 2.45) is 5.92 Å². The molecule has 0 aromatic rings. The molecule has 4 rings (SSSR count). The second kappa shape index (κ2) is 4.03. The summed E-state index contributed by atoms with van der Waals surface area (Å²) in [5.74, 6) is 0.985. The molecule has 0 aliphatic carbocycles. The summed E-state index contributed by atoms with van der Waals surface area (Å²) in [6.07, 6.45) is 4.31. The highest BCUT2D eigenvalue weighted by Crippen LogP contribution is 2.41. The van der Waals surface area contributed by atoms with Gasteiger partial charge in [0.1, 0.15) is 0 Å². The van der Waals surface area contributed by atoms with Gasteiger partial charge in [-0.2, -0.15) is 11.8 Å². The van der Waals surface area contributed by atoms with E-state index in [1.165, 1.54) is 52.0 Å². The van der Waals surface area contributed by atoms with Crippen molar-refractivity contribution >= 4 is 11.8 Å². The number of fused-ring (bicyclic) bond motifs is 2. The highest BCUT2D eigenvalue weighted by atomic mass is 32.2. The Morgan fingerprint density at radius 2 is 1.79 bits per heavy atom. The Labute approximate surface area is 90.8 Å². The standard InChI is InChI=1S/C11H20N2S/c1-3-12-4-2-9(1)6-13-7-10-5-11(8-13)14-10/h9-12H,1-8H2. The Kier molecular flexibility index (Phi) is 2.73. The monoisotopic (exact) mass is 212 g/mol. The summed E-state index contributed by atoms with van der Waals surface area (Å²) in [7, 11) is 0. The number of thioether (sulfide) groups is 1. The molecule has 2 atom stereocenters. The lowest BCUT2D eigenvalue weighted by atomic mass is 9.96. The Morgan fingerprint density at radius 3 is 2.43 bits per heavy atom. The van der Waals surface area contributed by atoms with Crippen molar-refractivity contribution in [3.8, 4) is 0 Å². The van der Waals surface area contributed by atoms with Crippen LogP contribution in [0.4, 0.5) is 0 Å². The molecule has 4 heterocycles. The van der Waals surface area contributed by atoms with Gasteiger partial charge < -0.3 is 10.2 Å². The van der Waals surface area contributed by atoms with Gasteiger partial charge in [0.15, 0.2) is 0 Å². The molecule has 0 spiro atoms. The maximum absolute atomic E-state index is 3.45. The van der Waals surface area contributed by atoms with E-state index < -0.39 is 0 Å². The molecule has 3 heteroatoms. The zero-order chi connectivity index (χ0) is 9.38. The van der Waals surface area contributed by atoms with E-state index in [0.717, 1.165) is 16.4 Å². The lowest BCUT2D eigenvalue weighted by Gasteiger charge is -2.47. The third-order valence-electron chi connectivity index (χ3n) is 3.81. The smallest absolute Gasteiger partial charge is 0.0189 e. The van der Waals surface area contributed by atoms with Gasteiger partial charge in [-0.05, 0) is 38.3 Å². The summed E-state index contributed by atoms with van der Waals surface area (Å²) >= 11 is 2.23. The summed E-state index contributed by atoms with van der Waals surface area (Å²) in [5, 5.41) is 5.44. The lowest BCUT2D eigenvalue weighted by molar-refractivity contribution is 0.174. The van der Waals surface area contributed by atoms with Crippen LogP contribution in [0.3, 0.4) is 0 Å². The first-order valence-electron chi connectivity index (χ1n) is 5.98. The first-order valence-corrected chi connectivity index (χ1v) is 6.93. The molecule has 14 heavy (non-hydrogen) atoms. The molecule has 0 saturated carbocycles. The predicted octanol–water partition coefficient (Wildman–Crippen LogP) is 1.18. The zero-order valence-electron chi connectivity index (χ0n) is 8.74. The SMILES string of the molecule is C1CC(CN2CC3CC(C2)S3)CCN1. The highest BCUT2D eigenvalue weighted by Gasteiger charge is 2.38. The van der Waals surface area contributed by atoms with Crippen molar-refractivity contribution < 1.29 is 0 Å². The number of piperidine rings is 2. The lowest BCUT2D eigenvalue weighted by Crippen LogP contribution is -2.52. The van der Waals surface area contributed by atoms with Crippen molar-refractivity contribution in [2.45, 2.75) is 29.8 Å². The van der Waals surface area contributed by atoms with E-state index in [0.29, 0.717) is 0 Å². The fourth-order valence-corrected chi connectivity index (χ4v) is 4.49. The van der Waals surface area contributed by atoms with Crippen LogP contribution in [0.1, 0.15) is 19.3 Å². The fourth-order valence-electron chi connectivity index (χ4n) is 3.02. The summed E-state index contributed by atoms with van der Waals surface area (Å²) in [5.41, 5.74) is 0. The highest BCUT2D eigenvalue weighted by molar-refractivity contribution is 8.02. The Bertz CT molecular complexity index is 187. The molecule has 0 aromatic heterocycles. The predicted molar refractivity (Wildman–Crippen MR) is 61.8 cm³/mol. The van der Waals surface area contributed by atoms with Crippen molar-refractivity contribution in [3.05, 3.63) is 0 Å². The van der Waals surface area contributed by atoms with Crippen molar-refractivity contribution in [1.82, 2.24) is 10.2 Å². The van der Waals surface area contributed by atoms with Crippen LogP contribution < -0.4 is 5.32 Å². The molecule has 4 fully saturated rings. The van der Waals surface area contributed by atoms with Gasteiger partial charge in [-0.3, -0.25) is 0 Å². The maximum atomic E-state index is 3.45. The normalized spacial score (nSPS) is 39.4. The number of hydrogen-bond donors (Lipinski definition) is 1. The average Bonchev–Trinajstić information content (AvgIpc) is 2.18. The van der Waals surface area contributed by atoms with E-state index in [1.54, 1.807) is 0 Å². The summed E-state index contributed by atoms with van der Waals surface area (Å²) in [6, 6.07) is 0. The van der Waals surface area contributed by atoms with Crippen LogP contribution in [0.2, 0.25) is 0 Å². The second-order valence-corrected chi connectivity index (χ2v) is 6.63. The van der Waals surface area contributed by atoms with Gasteiger partial charge in [-0.25, -0.2) is 0 Å². The molecule has 0 amide bonds. The molecular weight excluding hydrogens is 192 g/mol. The summed E-state index contributed by atoms with van der Waals surface area (Å²) in [4.78, 5) is 2.73. The van der Waals surface area contributed by atoms with Crippen LogP contribution in [0.25, 0.3) is 0 Å². The number of nitrogens with one attached hydrogen (secondary N) is 1. The van der Waals surface area contributed by atoms with Gasteiger partial charge in [0.05, 0.1) is 0 Å². The molecule has 4 saturated heterocycles. The minimum Gasteiger partial charge on any atom is -0.317 e. The van der Waals surface area contributed by atoms with Gasteiger partial charge in [0.2, 0.25) is 0 Å². The zero-order valence-corrected chi connectivity index (χ0v) is 9.56. The molecule has 2 unspecified atom stereocenters. The largest absolute Gasteiger partial charge is 0.317 e. The molecule has 80 valence electrons. The van der Waals surface area contributed by atoms with Crippen LogP contribution in [-0.4, -0.2) is 48.1 Å².